The second-order valence-corrected chi connectivity index (χ2v) is 13.3. The minimum atomic E-state index is -3.97. The Kier molecular flexibility index (Phi) is 8.44. The molecule has 9 nitrogen and oxygen atoms in total. The standard InChI is InChI=1S/C33H40N4O5S/c1-3-36(4-2)43(40,41)34-32(38)25-14-15-28-29(21-25)37-22-26(33(39)35-16-18-42-19-17-35)20-24-12-8-9-13-27(24)31(37)30(28)23-10-6-5-7-11-23/h8-9,12-15,20-21,23H,3-7,10-11,16-19,22H2,1-2H3,(H,34,38). The van der Waals surface area contributed by atoms with E-state index >= 15 is 0 Å². The van der Waals surface area contributed by atoms with E-state index in [1.807, 2.05) is 29.2 Å². The second-order valence-electron chi connectivity index (χ2n) is 11.6. The Balaban J connectivity index is 1.51. The Morgan fingerprint density at radius 2 is 1.72 bits per heavy atom. The predicted molar refractivity (Wildman–Crippen MR) is 168 cm³/mol. The molecule has 3 heterocycles. The summed E-state index contributed by atoms with van der Waals surface area (Å²) >= 11 is 0. The zero-order chi connectivity index (χ0) is 30.1. The molecule has 0 bridgehead atoms. The van der Waals surface area contributed by atoms with Gasteiger partial charge in [0.1, 0.15) is 0 Å². The minimum Gasteiger partial charge on any atom is -0.378 e. The zero-order valence-electron chi connectivity index (χ0n) is 25.0. The van der Waals surface area contributed by atoms with Gasteiger partial charge in [-0.05, 0) is 48.1 Å². The van der Waals surface area contributed by atoms with Crippen LogP contribution in [0.1, 0.15) is 73.4 Å². The molecular formula is C33H40N4O5S. The topological polar surface area (TPSA) is 101 Å². The molecule has 1 N–H and O–H groups in total. The Labute approximate surface area is 253 Å². The molecule has 0 atom stereocenters. The Morgan fingerprint density at radius 3 is 2.44 bits per heavy atom. The molecule has 0 spiro atoms. The maximum atomic E-state index is 13.9. The number of amides is 2. The molecule has 1 aliphatic carbocycles. The van der Waals surface area contributed by atoms with Crippen molar-refractivity contribution in [2.75, 3.05) is 39.4 Å². The van der Waals surface area contributed by atoms with Crippen molar-refractivity contribution in [3.63, 3.8) is 0 Å². The molecule has 10 heteroatoms. The van der Waals surface area contributed by atoms with Crippen LogP contribution in [0.15, 0.2) is 48.0 Å². The van der Waals surface area contributed by atoms with E-state index in [1.54, 1.807) is 26.0 Å². The fourth-order valence-corrected chi connectivity index (χ4v) is 8.08. The van der Waals surface area contributed by atoms with E-state index in [-0.39, 0.29) is 24.6 Å². The summed E-state index contributed by atoms with van der Waals surface area (Å²) in [5, 5.41) is 1.06. The smallest absolute Gasteiger partial charge is 0.304 e. The summed E-state index contributed by atoms with van der Waals surface area (Å²) < 4.78 is 36.9. The van der Waals surface area contributed by atoms with Crippen LogP contribution in [0.3, 0.4) is 0 Å². The molecule has 2 amide bonds. The van der Waals surface area contributed by atoms with Gasteiger partial charge in [-0.1, -0.05) is 63.4 Å². The molecule has 1 saturated carbocycles. The lowest BCUT2D eigenvalue weighted by molar-refractivity contribution is -0.131. The van der Waals surface area contributed by atoms with Gasteiger partial charge in [-0.25, -0.2) is 4.72 Å². The number of carbonyl (C=O) groups excluding carboxylic acids is 2. The largest absolute Gasteiger partial charge is 0.378 e. The number of hydrogen-bond acceptors (Lipinski definition) is 5. The van der Waals surface area contributed by atoms with Crippen molar-refractivity contribution in [1.29, 1.82) is 0 Å². The summed E-state index contributed by atoms with van der Waals surface area (Å²) in [4.78, 5) is 29.1. The molecule has 2 aliphatic heterocycles. The number of ether oxygens (including phenoxy) is 1. The highest BCUT2D eigenvalue weighted by Gasteiger charge is 2.32. The first-order valence-corrected chi connectivity index (χ1v) is 16.9. The average molecular weight is 605 g/mol. The first kappa shape index (κ1) is 29.6. The van der Waals surface area contributed by atoms with E-state index in [4.69, 9.17) is 4.74 Å². The van der Waals surface area contributed by atoms with E-state index in [0.29, 0.717) is 44.3 Å². The van der Waals surface area contributed by atoms with Crippen LogP contribution in [-0.2, 0) is 26.3 Å². The van der Waals surface area contributed by atoms with Crippen LogP contribution in [0.5, 0.6) is 0 Å². The van der Waals surface area contributed by atoms with E-state index in [2.05, 4.69) is 21.4 Å². The fraction of sp³-hybridized carbons (Fsp3) is 0.455. The van der Waals surface area contributed by atoms with Gasteiger partial charge in [-0.2, -0.15) is 12.7 Å². The zero-order valence-corrected chi connectivity index (χ0v) is 25.8. The van der Waals surface area contributed by atoms with Crippen molar-refractivity contribution < 1.29 is 22.7 Å². The predicted octanol–water partition coefficient (Wildman–Crippen LogP) is 4.93. The summed E-state index contributed by atoms with van der Waals surface area (Å²) in [6.07, 6.45) is 7.76. The molecule has 6 rings (SSSR count). The third-order valence-electron chi connectivity index (χ3n) is 9.09. The fourth-order valence-electron chi connectivity index (χ4n) is 6.92. The number of fused-ring (bicyclic) bond motifs is 5. The van der Waals surface area contributed by atoms with Crippen molar-refractivity contribution in [3.8, 4) is 11.3 Å². The number of benzene rings is 2. The summed E-state index contributed by atoms with van der Waals surface area (Å²) in [5.74, 6) is -0.316. The number of carbonyl (C=O) groups is 2. The average Bonchev–Trinajstić information content (AvgIpc) is 3.24. The number of hydrogen-bond donors (Lipinski definition) is 1. The molecule has 3 aromatic rings. The Hall–Kier alpha value is -3.47. The lowest BCUT2D eigenvalue weighted by atomic mass is 9.81. The van der Waals surface area contributed by atoms with Gasteiger partial charge in [0.25, 0.3) is 11.8 Å². The van der Waals surface area contributed by atoms with Gasteiger partial charge >= 0.3 is 10.2 Å². The van der Waals surface area contributed by atoms with Gasteiger partial charge < -0.3 is 14.2 Å². The third kappa shape index (κ3) is 5.63. The van der Waals surface area contributed by atoms with Crippen LogP contribution in [0.25, 0.3) is 28.2 Å². The summed E-state index contributed by atoms with van der Waals surface area (Å²) in [6.45, 7) is 6.51. The van der Waals surface area contributed by atoms with Gasteiger partial charge in [-0.15, -0.1) is 0 Å². The molecule has 1 aromatic heterocycles. The number of rotatable bonds is 7. The second kappa shape index (κ2) is 12.3. The van der Waals surface area contributed by atoms with Gasteiger partial charge in [0.05, 0.1) is 25.5 Å². The van der Waals surface area contributed by atoms with E-state index in [0.717, 1.165) is 40.6 Å². The number of morpholine rings is 1. The highest BCUT2D eigenvalue weighted by molar-refractivity contribution is 7.87. The van der Waals surface area contributed by atoms with Crippen LogP contribution in [0.4, 0.5) is 0 Å². The molecular weight excluding hydrogens is 564 g/mol. The maximum absolute atomic E-state index is 13.9. The van der Waals surface area contributed by atoms with Crippen molar-refractivity contribution in [2.45, 2.75) is 58.4 Å². The Bertz CT molecular complexity index is 1680. The lowest BCUT2D eigenvalue weighted by Gasteiger charge is -2.28. The van der Waals surface area contributed by atoms with Crippen LogP contribution in [-0.4, -0.2) is 73.4 Å². The normalized spacial score (nSPS) is 17.7. The molecule has 2 fully saturated rings. The van der Waals surface area contributed by atoms with Crippen LogP contribution in [0.2, 0.25) is 0 Å². The van der Waals surface area contributed by atoms with Crippen molar-refractivity contribution >= 4 is 39.0 Å². The van der Waals surface area contributed by atoms with E-state index < -0.39 is 16.1 Å². The minimum absolute atomic E-state index is 0.00812. The van der Waals surface area contributed by atoms with Gasteiger partial charge in [0, 0.05) is 53.8 Å². The number of nitrogens with one attached hydrogen (secondary N) is 1. The van der Waals surface area contributed by atoms with E-state index in [9.17, 15) is 18.0 Å². The van der Waals surface area contributed by atoms with Gasteiger partial charge in [-0.3, -0.25) is 9.59 Å². The lowest BCUT2D eigenvalue weighted by Crippen LogP contribution is -2.43. The van der Waals surface area contributed by atoms with Crippen LogP contribution < -0.4 is 4.72 Å². The highest BCUT2D eigenvalue weighted by Crippen LogP contribution is 2.46. The molecule has 0 radical (unpaired) electrons. The van der Waals surface area contributed by atoms with E-state index in [1.165, 1.54) is 29.1 Å². The third-order valence-corrected chi connectivity index (χ3v) is 10.7. The van der Waals surface area contributed by atoms with Crippen LogP contribution >= 0.6 is 0 Å². The highest BCUT2D eigenvalue weighted by atomic mass is 32.2. The molecule has 228 valence electrons. The first-order valence-electron chi connectivity index (χ1n) is 15.5. The quantitative estimate of drug-likeness (QED) is 0.412. The molecule has 2 aromatic carbocycles. The summed E-state index contributed by atoms with van der Waals surface area (Å²) in [7, 11) is -3.97. The Morgan fingerprint density at radius 1 is 1.00 bits per heavy atom. The molecule has 1 saturated heterocycles. The van der Waals surface area contributed by atoms with Crippen molar-refractivity contribution in [2.24, 2.45) is 0 Å². The maximum Gasteiger partial charge on any atom is 0.304 e. The summed E-state index contributed by atoms with van der Waals surface area (Å²) in [6, 6.07) is 13.7. The van der Waals surface area contributed by atoms with Gasteiger partial charge in [0.2, 0.25) is 0 Å². The summed E-state index contributed by atoms with van der Waals surface area (Å²) in [5.41, 5.74) is 6.20. The monoisotopic (exact) mass is 604 g/mol. The number of nitrogens with zero attached hydrogens (tertiary/aromatic N) is 3. The molecule has 43 heavy (non-hydrogen) atoms. The first-order chi connectivity index (χ1) is 20.8. The van der Waals surface area contributed by atoms with Gasteiger partial charge in [0.15, 0.2) is 0 Å². The van der Waals surface area contributed by atoms with Crippen molar-refractivity contribution in [1.82, 2.24) is 18.5 Å². The van der Waals surface area contributed by atoms with Crippen molar-refractivity contribution in [3.05, 3.63) is 64.7 Å². The SMILES string of the molecule is CCN(CC)S(=O)(=O)NC(=O)c1ccc2c(C3CCCCC3)c3n(c2c1)CC(C(=O)N1CCOCC1)=Cc1ccccc1-3. The molecule has 3 aliphatic rings. The van der Waals surface area contributed by atoms with Crippen LogP contribution in [0, 0.1) is 0 Å². The number of aromatic nitrogens is 1. The molecule has 0 unspecified atom stereocenters.